The van der Waals surface area contributed by atoms with Crippen LogP contribution >= 0.6 is 0 Å². The smallest absolute Gasteiger partial charge is 0.161 e. The van der Waals surface area contributed by atoms with E-state index in [2.05, 4.69) is 96.9 Å². The van der Waals surface area contributed by atoms with E-state index in [1.165, 1.54) is 0 Å². The number of benzene rings is 4. The standard InChI is InChI=1S/C34H40N2O3/c1-33(2,26-35-3)36(29-20-12-7-13-21-29)34(27-16-8-5-9-17-27,28-18-10-6-11-19-28)24-30(37)25-39-32-23-15-14-22-31(32)38-4/h5-23,30,35,37H,24-26H2,1-4H3. The number of likely N-dealkylation sites (N-methyl/N-ethyl adjacent to an activating group) is 1. The van der Waals surface area contributed by atoms with E-state index in [1.54, 1.807) is 7.11 Å². The molecule has 1 atom stereocenters. The second-order valence-electron chi connectivity index (χ2n) is 10.4. The average Bonchev–Trinajstić information content (AvgIpc) is 2.97. The van der Waals surface area contributed by atoms with Crippen molar-refractivity contribution in [2.24, 2.45) is 0 Å². The number of aliphatic hydroxyl groups is 1. The molecule has 4 aromatic rings. The molecule has 4 aromatic carbocycles. The summed E-state index contributed by atoms with van der Waals surface area (Å²) >= 11 is 0. The Morgan fingerprint density at radius 3 is 1.74 bits per heavy atom. The summed E-state index contributed by atoms with van der Waals surface area (Å²) in [4.78, 5) is 2.47. The van der Waals surface area contributed by atoms with Crippen molar-refractivity contribution >= 4 is 5.69 Å². The first-order valence-electron chi connectivity index (χ1n) is 13.5. The van der Waals surface area contributed by atoms with E-state index < -0.39 is 11.6 Å². The van der Waals surface area contributed by atoms with Gasteiger partial charge < -0.3 is 24.8 Å². The molecule has 0 aliphatic rings. The maximum Gasteiger partial charge on any atom is 0.161 e. The van der Waals surface area contributed by atoms with E-state index in [9.17, 15) is 5.11 Å². The summed E-state index contributed by atoms with van der Waals surface area (Å²) in [7, 11) is 3.60. The first-order chi connectivity index (χ1) is 18.9. The lowest BCUT2D eigenvalue weighted by Crippen LogP contribution is -2.62. The third-order valence-electron chi connectivity index (χ3n) is 7.14. The minimum Gasteiger partial charge on any atom is -0.493 e. The van der Waals surface area contributed by atoms with Crippen molar-refractivity contribution in [3.63, 3.8) is 0 Å². The predicted molar refractivity (Wildman–Crippen MR) is 160 cm³/mol. The second kappa shape index (κ2) is 12.8. The molecule has 0 aliphatic carbocycles. The molecule has 0 bridgehead atoms. The van der Waals surface area contributed by atoms with Crippen molar-refractivity contribution in [3.05, 3.63) is 126 Å². The van der Waals surface area contributed by atoms with Gasteiger partial charge in [0, 0.05) is 24.2 Å². The number of ether oxygens (including phenoxy) is 2. The van der Waals surface area contributed by atoms with Gasteiger partial charge >= 0.3 is 0 Å². The number of hydrogen-bond acceptors (Lipinski definition) is 5. The Morgan fingerprint density at radius 1 is 0.744 bits per heavy atom. The average molecular weight is 525 g/mol. The van der Waals surface area contributed by atoms with Crippen LogP contribution in [0.4, 0.5) is 5.69 Å². The van der Waals surface area contributed by atoms with Crippen LogP contribution in [0.15, 0.2) is 115 Å². The fraction of sp³-hybridized carbons (Fsp3) is 0.294. The molecule has 5 heteroatoms. The summed E-state index contributed by atoms with van der Waals surface area (Å²) in [5.41, 5.74) is 2.21. The summed E-state index contributed by atoms with van der Waals surface area (Å²) in [5.74, 6) is 1.25. The number of rotatable bonds is 13. The Morgan fingerprint density at radius 2 is 1.23 bits per heavy atom. The van der Waals surface area contributed by atoms with Gasteiger partial charge in [-0.15, -0.1) is 0 Å². The van der Waals surface area contributed by atoms with Crippen molar-refractivity contribution in [2.75, 3.05) is 32.2 Å². The SMILES string of the molecule is CNCC(C)(C)N(c1ccccc1)C(CC(O)COc1ccccc1OC)(c1ccccc1)c1ccccc1. The fourth-order valence-electron chi connectivity index (χ4n) is 5.68. The molecule has 204 valence electrons. The van der Waals surface area contributed by atoms with Gasteiger partial charge in [-0.05, 0) is 56.3 Å². The highest BCUT2D eigenvalue weighted by Crippen LogP contribution is 2.46. The third kappa shape index (κ3) is 6.27. The molecule has 0 fully saturated rings. The lowest BCUT2D eigenvalue weighted by Gasteiger charge is -2.55. The largest absolute Gasteiger partial charge is 0.493 e. The lowest BCUT2D eigenvalue weighted by atomic mass is 9.74. The van der Waals surface area contributed by atoms with Crippen molar-refractivity contribution in [1.82, 2.24) is 5.32 Å². The van der Waals surface area contributed by atoms with Gasteiger partial charge in [0.05, 0.1) is 18.8 Å². The highest BCUT2D eigenvalue weighted by molar-refractivity contribution is 5.59. The van der Waals surface area contributed by atoms with E-state index in [0.717, 1.165) is 23.4 Å². The van der Waals surface area contributed by atoms with Crippen LogP contribution in [0, 0.1) is 0 Å². The maximum atomic E-state index is 11.7. The highest BCUT2D eigenvalue weighted by Gasteiger charge is 2.47. The van der Waals surface area contributed by atoms with Gasteiger partial charge in [0.1, 0.15) is 6.61 Å². The summed E-state index contributed by atoms with van der Waals surface area (Å²) in [6, 6.07) is 39.0. The number of anilines is 1. The van der Waals surface area contributed by atoms with Gasteiger partial charge in [0.15, 0.2) is 11.5 Å². The Bertz CT molecular complexity index is 1240. The van der Waals surface area contributed by atoms with Crippen LogP contribution in [0.5, 0.6) is 11.5 Å². The quantitative estimate of drug-likeness (QED) is 0.216. The molecule has 2 N–H and O–H groups in total. The Balaban J connectivity index is 1.88. The Labute approximate surface area is 233 Å². The molecule has 0 aromatic heterocycles. The van der Waals surface area contributed by atoms with Crippen LogP contribution in [-0.4, -0.2) is 44.1 Å². The molecule has 0 amide bonds. The number of nitrogens with zero attached hydrogens (tertiary/aromatic N) is 1. The minimum atomic E-state index is -0.785. The lowest BCUT2D eigenvalue weighted by molar-refractivity contribution is 0.0772. The Kier molecular flexibility index (Phi) is 9.28. The van der Waals surface area contributed by atoms with Crippen LogP contribution in [0.1, 0.15) is 31.4 Å². The van der Waals surface area contributed by atoms with Crippen LogP contribution in [0.3, 0.4) is 0 Å². The first kappa shape index (κ1) is 28.2. The Hall–Kier alpha value is -3.80. The van der Waals surface area contributed by atoms with E-state index in [4.69, 9.17) is 9.47 Å². The molecule has 0 spiro atoms. The molecular formula is C34H40N2O3. The van der Waals surface area contributed by atoms with Gasteiger partial charge in [-0.25, -0.2) is 0 Å². The zero-order valence-electron chi connectivity index (χ0n) is 23.4. The number of hydrogen-bond donors (Lipinski definition) is 2. The van der Waals surface area contributed by atoms with Crippen LogP contribution in [0.25, 0.3) is 0 Å². The van der Waals surface area contributed by atoms with Crippen LogP contribution in [0.2, 0.25) is 0 Å². The molecule has 5 nitrogen and oxygen atoms in total. The summed E-state index contributed by atoms with van der Waals surface area (Å²) in [6.45, 7) is 5.34. The zero-order valence-corrected chi connectivity index (χ0v) is 23.4. The summed E-state index contributed by atoms with van der Waals surface area (Å²) < 4.78 is 11.6. The van der Waals surface area contributed by atoms with E-state index in [0.29, 0.717) is 17.9 Å². The number of para-hydroxylation sites is 3. The normalized spacial score (nSPS) is 12.5. The van der Waals surface area contributed by atoms with E-state index in [1.807, 2.05) is 49.5 Å². The number of aliphatic hydroxyl groups excluding tert-OH is 1. The molecule has 0 saturated carbocycles. The predicted octanol–water partition coefficient (Wildman–Crippen LogP) is 6.27. The summed E-state index contributed by atoms with van der Waals surface area (Å²) in [6.07, 6.45) is -0.384. The molecule has 39 heavy (non-hydrogen) atoms. The molecule has 1 unspecified atom stereocenters. The van der Waals surface area contributed by atoms with Crippen molar-refractivity contribution in [1.29, 1.82) is 0 Å². The molecule has 0 radical (unpaired) electrons. The van der Waals surface area contributed by atoms with Gasteiger partial charge in [0.25, 0.3) is 0 Å². The van der Waals surface area contributed by atoms with E-state index >= 15 is 0 Å². The first-order valence-corrected chi connectivity index (χ1v) is 13.5. The van der Waals surface area contributed by atoms with Crippen LogP contribution in [-0.2, 0) is 5.54 Å². The van der Waals surface area contributed by atoms with Gasteiger partial charge in [-0.3, -0.25) is 0 Å². The molecular weight excluding hydrogens is 484 g/mol. The second-order valence-corrected chi connectivity index (χ2v) is 10.4. The van der Waals surface area contributed by atoms with Crippen molar-refractivity contribution in [2.45, 2.75) is 37.5 Å². The molecule has 0 saturated heterocycles. The summed E-state index contributed by atoms with van der Waals surface area (Å²) in [5, 5.41) is 15.1. The van der Waals surface area contributed by atoms with Gasteiger partial charge in [-0.1, -0.05) is 91.0 Å². The zero-order chi connectivity index (χ0) is 27.7. The molecule has 0 heterocycles. The van der Waals surface area contributed by atoms with Gasteiger partial charge in [0.2, 0.25) is 0 Å². The van der Waals surface area contributed by atoms with E-state index in [-0.39, 0.29) is 12.1 Å². The molecule has 0 aliphatic heterocycles. The van der Waals surface area contributed by atoms with Crippen molar-refractivity contribution < 1.29 is 14.6 Å². The monoisotopic (exact) mass is 524 g/mol. The minimum absolute atomic E-state index is 0.122. The maximum absolute atomic E-state index is 11.7. The molecule has 4 rings (SSSR count). The van der Waals surface area contributed by atoms with Gasteiger partial charge in [-0.2, -0.15) is 0 Å². The number of nitrogens with one attached hydrogen (secondary N) is 1. The topological polar surface area (TPSA) is 54.0 Å². The third-order valence-corrected chi connectivity index (χ3v) is 7.14. The van der Waals surface area contributed by atoms with Crippen molar-refractivity contribution in [3.8, 4) is 11.5 Å². The number of methoxy groups -OCH3 is 1. The van der Waals surface area contributed by atoms with Crippen LogP contribution < -0.4 is 19.7 Å². The fourth-order valence-corrected chi connectivity index (χ4v) is 5.68. The highest BCUT2D eigenvalue weighted by atomic mass is 16.5.